The van der Waals surface area contributed by atoms with Crippen LogP contribution in [-0.4, -0.2) is 18.1 Å². The Bertz CT molecular complexity index is 400. The zero-order valence-corrected chi connectivity index (χ0v) is 16.2. The highest BCUT2D eigenvalue weighted by Crippen LogP contribution is 2.26. The quantitative estimate of drug-likeness (QED) is 0.503. The van der Waals surface area contributed by atoms with Gasteiger partial charge in [0.1, 0.15) is 0 Å². The Labute approximate surface area is 144 Å². The van der Waals surface area contributed by atoms with E-state index in [9.17, 15) is 0 Å². The van der Waals surface area contributed by atoms with Gasteiger partial charge in [-0.25, -0.2) is 0 Å². The summed E-state index contributed by atoms with van der Waals surface area (Å²) in [6.07, 6.45) is 7.43. The van der Waals surface area contributed by atoms with Gasteiger partial charge in [-0.2, -0.15) is 0 Å². The van der Waals surface area contributed by atoms with Crippen molar-refractivity contribution < 1.29 is 0 Å². The molecule has 0 saturated carbocycles. The van der Waals surface area contributed by atoms with E-state index in [4.69, 9.17) is 0 Å². The predicted molar refractivity (Wildman–Crippen MR) is 106 cm³/mol. The van der Waals surface area contributed by atoms with Gasteiger partial charge in [-0.1, -0.05) is 40.0 Å². The number of rotatable bonds is 11. The Morgan fingerprint density at radius 3 is 1.70 bits per heavy atom. The third kappa shape index (κ3) is 6.45. The van der Waals surface area contributed by atoms with Gasteiger partial charge in [0.15, 0.2) is 0 Å². The summed E-state index contributed by atoms with van der Waals surface area (Å²) in [6.45, 7) is 13.8. The van der Waals surface area contributed by atoms with E-state index >= 15 is 0 Å². The molecule has 0 aliphatic carbocycles. The van der Waals surface area contributed by atoms with Crippen LogP contribution in [0.3, 0.4) is 0 Å². The first-order chi connectivity index (χ1) is 11.0. The summed E-state index contributed by atoms with van der Waals surface area (Å²) in [5.41, 5.74) is 2.60. The Kier molecular flexibility index (Phi) is 9.13. The van der Waals surface area contributed by atoms with E-state index in [0.29, 0.717) is 18.1 Å². The molecule has 1 N–H and O–H groups in total. The van der Waals surface area contributed by atoms with Gasteiger partial charge in [-0.3, -0.25) is 0 Å². The lowest BCUT2D eigenvalue weighted by Gasteiger charge is -2.37. The van der Waals surface area contributed by atoms with Crippen molar-refractivity contribution in [2.45, 2.75) is 98.2 Å². The highest BCUT2D eigenvalue weighted by molar-refractivity contribution is 5.56. The van der Waals surface area contributed by atoms with Gasteiger partial charge in [0.05, 0.1) is 0 Å². The minimum atomic E-state index is 0.542. The van der Waals surface area contributed by atoms with Crippen LogP contribution in [-0.2, 0) is 0 Å². The number of hydrogen-bond donors (Lipinski definition) is 1. The van der Waals surface area contributed by atoms with Crippen molar-refractivity contribution in [3.63, 3.8) is 0 Å². The number of hydrogen-bond acceptors (Lipinski definition) is 2. The van der Waals surface area contributed by atoms with E-state index in [2.05, 4.69) is 76.0 Å². The van der Waals surface area contributed by atoms with E-state index in [0.717, 1.165) is 0 Å². The average Bonchev–Trinajstić information content (AvgIpc) is 2.50. The van der Waals surface area contributed by atoms with Crippen molar-refractivity contribution in [2.75, 3.05) is 10.2 Å². The molecule has 0 radical (unpaired) electrons. The second kappa shape index (κ2) is 10.6. The van der Waals surface area contributed by atoms with Gasteiger partial charge in [-0.15, -0.1) is 0 Å². The topological polar surface area (TPSA) is 15.3 Å². The molecule has 2 nitrogen and oxygen atoms in total. The molecule has 0 saturated heterocycles. The molecule has 0 fully saturated rings. The zero-order valence-electron chi connectivity index (χ0n) is 16.2. The first-order valence-corrected chi connectivity index (χ1v) is 9.68. The summed E-state index contributed by atoms with van der Waals surface area (Å²) in [5.74, 6) is 0. The molecule has 0 aliphatic rings. The summed E-state index contributed by atoms with van der Waals surface area (Å²) in [4.78, 5) is 2.62. The first kappa shape index (κ1) is 19.9. The van der Waals surface area contributed by atoms with Crippen LogP contribution in [0.2, 0.25) is 0 Å². The van der Waals surface area contributed by atoms with Gasteiger partial charge in [0.25, 0.3) is 0 Å². The second-order valence-corrected chi connectivity index (χ2v) is 7.06. The van der Waals surface area contributed by atoms with Gasteiger partial charge in [0.2, 0.25) is 0 Å². The molecule has 1 aromatic rings. The van der Waals surface area contributed by atoms with Crippen LogP contribution >= 0.6 is 0 Å². The lowest BCUT2D eigenvalue weighted by molar-refractivity contribution is 0.494. The molecular weight excluding hydrogens is 280 g/mol. The fourth-order valence-corrected chi connectivity index (χ4v) is 3.58. The van der Waals surface area contributed by atoms with Crippen molar-refractivity contribution >= 4 is 11.4 Å². The van der Waals surface area contributed by atoms with Gasteiger partial charge >= 0.3 is 0 Å². The third-order valence-corrected chi connectivity index (χ3v) is 4.66. The predicted octanol–water partition coefficient (Wildman–Crippen LogP) is 6.47. The molecule has 132 valence electrons. The number of benzene rings is 1. The molecule has 0 aliphatic heterocycles. The summed E-state index contributed by atoms with van der Waals surface area (Å²) >= 11 is 0. The van der Waals surface area contributed by atoms with Crippen molar-refractivity contribution in [1.29, 1.82) is 0 Å². The van der Waals surface area contributed by atoms with E-state index in [-0.39, 0.29) is 0 Å². The highest BCUT2D eigenvalue weighted by atomic mass is 15.2. The zero-order chi connectivity index (χ0) is 17.2. The Balaban J connectivity index is 2.85. The van der Waals surface area contributed by atoms with Crippen molar-refractivity contribution in [3.8, 4) is 0 Å². The van der Waals surface area contributed by atoms with Crippen LogP contribution in [0.25, 0.3) is 0 Å². The highest BCUT2D eigenvalue weighted by Gasteiger charge is 2.19. The maximum atomic E-state index is 3.60. The Morgan fingerprint density at radius 2 is 1.26 bits per heavy atom. The van der Waals surface area contributed by atoms with Gasteiger partial charge in [0, 0.05) is 29.5 Å². The summed E-state index contributed by atoms with van der Waals surface area (Å²) in [6, 6.07) is 10.8. The van der Waals surface area contributed by atoms with Crippen molar-refractivity contribution in [2.24, 2.45) is 0 Å². The molecule has 1 aromatic carbocycles. The van der Waals surface area contributed by atoms with E-state index in [1.54, 1.807) is 0 Å². The molecule has 0 amide bonds. The molecule has 0 bridgehead atoms. The number of nitrogens with one attached hydrogen (secondary N) is 1. The molecule has 23 heavy (non-hydrogen) atoms. The molecule has 1 rings (SSSR count). The van der Waals surface area contributed by atoms with Gasteiger partial charge in [-0.05, 0) is 64.3 Å². The maximum Gasteiger partial charge on any atom is 0.0372 e. The van der Waals surface area contributed by atoms with Crippen LogP contribution in [0.5, 0.6) is 0 Å². The Hall–Kier alpha value is -1.18. The normalized spacial score (nSPS) is 15.0. The molecule has 0 spiro atoms. The molecular formula is C21H38N2. The average molecular weight is 319 g/mol. The van der Waals surface area contributed by atoms with Crippen LogP contribution < -0.4 is 10.2 Å². The first-order valence-electron chi connectivity index (χ1n) is 9.68. The summed E-state index contributed by atoms with van der Waals surface area (Å²) < 4.78 is 0. The number of nitrogens with zero attached hydrogens (tertiary/aromatic N) is 1. The standard InChI is InChI=1S/C21H38N2/c1-7-10-17(4)22-20-13-15-21(16-14-20)23(18(5)11-8-2)19(6)12-9-3/h13-19,22H,7-12H2,1-6H3. The third-order valence-electron chi connectivity index (χ3n) is 4.66. The monoisotopic (exact) mass is 318 g/mol. The minimum Gasteiger partial charge on any atom is -0.383 e. The fraction of sp³-hybridized carbons (Fsp3) is 0.714. The van der Waals surface area contributed by atoms with Crippen LogP contribution in [0.4, 0.5) is 11.4 Å². The molecule has 2 heteroatoms. The fourth-order valence-electron chi connectivity index (χ4n) is 3.58. The van der Waals surface area contributed by atoms with Crippen LogP contribution in [0, 0.1) is 0 Å². The number of anilines is 2. The van der Waals surface area contributed by atoms with Gasteiger partial charge < -0.3 is 10.2 Å². The summed E-state index contributed by atoms with van der Waals surface area (Å²) in [5, 5.41) is 3.60. The minimum absolute atomic E-state index is 0.542. The van der Waals surface area contributed by atoms with Crippen molar-refractivity contribution in [3.05, 3.63) is 24.3 Å². The molecule has 3 atom stereocenters. The SMILES string of the molecule is CCCC(C)Nc1ccc(N(C(C)CCC)C(C)CCC)cc1. The second-order valence-electron chi connectivity index (χ2n) is 7.06. The maximum absolute atomic E-state index is 3.60. The van der Waals surface area contributed by atoms with E-state index in [1.807, 2.05) is 0 Å². The largest absolute Gasteiger partial charge is 0.383 e. The lowest BCUT2D eigenvalue weighted by atomic mass is 10.0. The van der Waals surface area contributed by atoms with Crippen molar-refractivity contribution in [1.82, 2.24) is 0 Å². The molecule has 0 aromatic heterocycles. The smallest absolute Gasteiger partial charge is 0.0372 e. The van der Waals surface area contributed by atoms with E-state index < -0.39 is 0 Å². The van der Waals surface area contributed by atoms with Crippen LogP contribution in [0.15, 0.2) is 24.3 Å². The van der Waals surface area contributed by atoms with Crippen LogP contribution in [0.1, 0.15) is 80.1 Å². The lowest BCUT2D eigenvalue weighted by Crippen LogP contribution is -2.40. The van der Waals surface area contributed by atoms with E-state index in [1.165, 1.54) is 49.9 Å². The molecule has 3 unspecified atom stereocenters. The molecule has 0 heterocycles. The Morgan fingerprint density at radius 1 is 0.783 bits per heavy atom. The summed E-state index contributed by atoms with van der Waals surface area (Å²) in [7, 11) is 0.